The Labute approximate surface area is 112 Å². The van der Waals surface area contributed by atoms with Crippen LogP contribution in [-0.2, 0) is 15.6 Å². The van der Waals surface area contributed by atoms with Gasteiger partial charge in [-0.2, -0.15) is 0 Å². The van der Waals surface area contributed by atoms with Gasteiger partial charge in [0, 0.05) is 56.1 Å². The van der Waals surface area contributed by atoms with E-state index in [-0.39, 0.29) is 5.03 Å². The third kappa shape index (κ3) is 3.68. The Morgan fingerprint density at radius 3 is 2.50 bits per heavy atom. The highest BCUT2D eigenvalue weighted by molar-refractivity contribution is 8.13. The number of nitrogens with zero attached hydrogens (tertiary/aromatic N) is 4. The van der Waals surface area contributed by atoms with Crippen molar-refractivity contribution in [1.82, 2.24) is 19.4 Å². The molecule has 0 N–H and O–H groups in total. The summed E-state index contributed by atoms with van der Waals surface area (Å²) in [6.07, 6.45) is 2.98. The molecule has 0 radical (unpaired) electrons. The van der Waals surface area contributed by atoms with Crippen molar-refractivity contribution in [2.45, 2.75) is 11.6 Å². The van der Waals surface area contributed by atoms with Gasteiger partial charge < -0.3 is 9.47 Å². The van der Waals surface area contributed by atoms with Gasteiger partial charge in [0.2, 0.25) is 0 Å². The van der Waals surface area contributed by atoms with Crippen LogP contribution in [0.5, 0.6) is 0 Å². The molecule has 1 saturated heterocycles. The van der Waals surface area contributed by atoms with Crippen LogP contribution in [0.2, 0.25) is 0 Å². The molecule has 2 rings (SSSR count). The summed E-state index contributed by atoms with van der Waals surface area (Å²) in [6.45, 7) is 5.86. The van der Waals surface area contributed by atoms with Crippen molar-refractivity contribution in [3.05, 3.63) is 12.5 Å². The zero-order valence-electron chi connectivity index (χ0n) is 10.3. The average molecular weight is 293 g/mol. The molecule has 6 nitrogen and oxygen atoms in total. The summed E-state index contributed by atoms with van der Waals surface area (Å²) >= 11 is 0. The Hall–Kier alpha value is -0.630. The van der Waals surface area contributed by atoms with E-state index < -0.39 is 9.05 Å². The molecule has 0 amide bonds. The first kappa shape index (κ1) is 13.8. The van der Waals surface area contributed by atoms with Crippen LogP contribution in [0.15, 0.2) is 17.6 Å². The monoisotopic (exact) mass is 292 g/mol. The van der Waals surface area contributed by atoms with Crippen molar-refractivity contribution in [1.29, 1.82) is 0 Å². The highest BCUT2D eigenvalue weighted by atomic mass is 35.7. The van der Waals surface area contributed by atoms with Gasteiger partial charge in [-0.15, -0.1) is 0 Å². The van der Waals surface area contributed by atoms with Gasteiger partial charge in [-0.3, -0.25) is 4.90 Å². The maximum absolute atomic E-state index is 11.1. The zero-order valence-corrected chi connectivity index (χ0v) is 11.9. The second kappa shape index (κ2) is 5.56. The minimum absolute atomic E-state index is 0.0810. The summed E-state index contributed by atoms with van der Waals surface area (Å²) in [6, 6.07) is 0. The number of piperazine rings is 1. The van der Waals surface area contributed by atoms with Crippen molar-refractivity contribution in [3.8, 4) is 0 Å². The molecule has 0 aliphatic carbocycles. The van der Waals surface area contributed by atoms with Gasteiger partial charge in [0.15, 0.2) is 5.03 Å². The van der Waals surface area contributed by atoms with Gasteiger partial charge in [-0.1, -0.05) is 0 Å². The second-order valence-electron chi connectivity index (χ2n) is 4.53. The van der Waals surface area contributed by atoms with Gasteiger partial charge in [-0.25, -0.2) is 13.4 Å². The number of hydrogen-bond acceptors (Lipinski definition) is 5. The van der Waals surface area contributed by atoms with E-state index in [4.69, 9.17) is 10.7 Å². The summed E-state index contributed by atoms with van der Waals surface area (Å²) in [5, 5.41) is -0.0810. The van der Waals surface area contributed by atoms with Crippen molar-refractivity contribution in [3.63, 3.8) is 0 Å². The number of aromatic nitrogens is 2. The first-order valence-corrected chi connectivity index (χ1v) is 8.13. The highest BCUT2D eigenvalue weighted by Gasteiger charge is 2.15. The van der Waals surface area contributed by atoms with Crippen LogP contribution in [0.3, 0.4) is 0 Å². The van der Waals surface area contributed by atoms with Gasteiger partial charge in [0.25, 0.3) is 9.05 Å². The minimum atomic E-state index is -3.71. The molecule has 0 aromatic carbocycles. The summed E-state index contributed by atoms with van der Waals surface area (Å²) in [5.74, 6) is 0. The number of rotatable bonds is 4. The molecule has 1 aliphatic heterocycles. The molecule has 18 heavy (non-hydrogen) atoms. The molecule has 1 aromatic heterocycles. The lowest BCUT2D eigenvalue weighted by Crippen LogP contribution is -2.45. The largest absolute Gasteiger partial charge is 0.335 e. The molecule has 0 spiro atoms. The molecular weight excluding hydrogens is 276 g/mol. The van der Waals surface area contributed by atoms with Crippen molar-refractivity contribution in [2.24, 2.45) is 0 Å². The fourth-order valence-corrected chi connectivity index (χ4v) is 2.59. The van der Waals surface area contributed by atoms with E-state index in [0.717, 1.165) is 39.3 Å². The first-order chi connectivity index (χ1) is 8.45. The lowest BCUT2D eigenvalue weighted by molar-refractivity contribution is 0.150. The summed E-state index contributed by atoms with van der Waals surface area (Å²) in [5.41, 5.74) is 0. The van der Waals surface area contributed by atoms with Crippen LogP contribution in [0.1, 0.15) is 0 Å². The molecule has 0 saturated carbocycles. The average Bonchev–Trinajstić information content (AvgIpc) is 2.77. The normalized spacial score (nSPS) is 19.2. The van der Waals surface area contributed by atoms with E-state index in [9.17, 15) is 8.42 Å². The number of imidazole rings is 1. The van der Waals surface area contributed by atoms with Crippen LogP contribution < -0.4 is 0 Å². The van der Waals surface area contributed by atoms with Crippen LogP contribution >= 0.6 is 10.7 Å². The van der Waals surface area contributed by atoms with Crippen LogP contribution in [0.4, 0.5) is 0 Å². The molecule has 1 aromatic rings. The zero-order chi connectivity index (χ0) is 13.2. The Bertz CT molecular complexity index is 494. The van der Waals surface area contributed by atoms with Gasteiger partial charge in [0.05, 0.1) is 6.33 Å². The second-order valence-corrected chi connectivity index (χ2v) is 7.05. The Kier molecular flexibility index (Phi) is 4.26. The fraction of sp³-hybridized carbons (Fsp3) is 0.700. The van der Waals surface area contributed by atoms with E-state index in [1.54, 1.807) is 4.57 Å². The predicted octanol–water partition coefficient (Wildman–Crippen LogP) is 0.0580. The van der Waals surface area contributed by atoms with Crippen LogP contribution in [0, 0.1) is 0 Å². The minimum Gasteiger partial charge on any atom is -0.335 e. The first-order valence-electron chi connectivity index (χ1n) is 5.82. The molecule has 1 fully saturated rings. The smallest absolute Gasteiger partial charge is 0.280 e. The molecular formula is C10H17ClN4O2S. The maximum Gasteiger partial charge on any atom is 0.280 e. The molecule has 1 aliphatic rings. The van der Waals surface area contributed by atoms with Crippen molar-refractivity contribution >= 4 is 19.7 Å². The van der Waals surface area contributed by atoms with E-state index in [1.165, 1.54) is 12.5 Å². The molecule has 0 bridgehead atoms. The number of halogens is 1. The van der Waals surface area contributed by atoms with Gasteiger partial charge in [0.1, 0.15) is 0 Å². The SMILES string of the molecule is CN1CCN(CCn2cnc(S(=O)(=O)Cl)c2)CC1. The van der Waals surface area contributed by atoms with Crippen LogP contribution in [0.25, 0.3) is 0 Å². The Balaban J connectivity index is 1.85. The topological polar surface area (TPSA) is 58.4 Å². The third-order valence-corrected chi connectivity index (χ3v) is 4.31. The lowest BCUT2D eigenvalue weighted by atomic mass is 10.3. The van der Waals surface area contributed by atoms with E-state index >= 15 is 0 Å². The van der Waals surface area contributed by atoms with E-state index in [0.29, 0.717) is 0 Å². The lowest BCUT2D eigenvalue weighted by Gasteiger charge is -2.32. The standard InChI is InChI=1S/C10H17ClN4O2S/c1-13-2-4-14(5-3-13)6-7-15-8-10(12-9-15)18(11,16)17/h8-9H,2-7H2,1H3. The van der Waals surface area contributed by atoms with Crippen molar-refractivity contribution < 1.29 is 8.42 Å². The van der Waals surface area contributed by atoms with E-state index in [1.807, 2.05) is 0 Å². The summed E-state index contributed by atoms with van der Waals surface area (Å²) in [7, 11) is 3.62. The third-order valence-electron chi connectivity index (χ3n) is 3.13. The van der Waals surface area contributed by atoms with Crippen LogP contribution in [-0.4, -0.2) is 67.5 Å². The quantitative estimate of drug-likeness (QED) is 0.735. The predicted molar refractivity (Wildman–Crippen MR) is 69.2 cm³/mol. The highest BCUT2D eigenvalue weighted by Crippen LogP contribution is 2.11. The summed E-state index contributed by atoms with van der Waals surface area (Å²) < 4.78 is 23.9. The molecule has 2 heterocycles. The van der Waals surface area contributed by atoms with Gasteiger partial charge >= 0.3 is 0 Å². The van der Waals surface area contributed by atoms with Crippen molar-refractivity contribution in [2.75, 3.05) is 39.8 Å². The van der Waals surface area contributed by atoms with Gasteiger partial charge in [-0.05, 0) is 7.05 Å². The van der Waals surface area contributed by atoms with E-state index in [2.05, 4.69) is 21.8 Å². The molecule has 0 unspecified atom stereocenters. The molecule has 102 valence electrons. The fourth-order valence-electron chi connectivity index (χ4n) is 1.92. The Morgan fingerprint density at radius 2 is 1.94 bits per heavy atom. The molecule has 0 atom stereocenters. The molecule has 8 heteroatoms. The maximum atomic E-state index is 11.1. The number of likely N-dealkylation sites (N-methyl/N-ethyl adjacent to an activating group) is 1. The number of hydrogen-bond donors (Lipinski definition) is 0. The Morgan fingerprint density at radius 1 is 1.28 bits per heavy atom. The summed E-state index contributed by atoms with van der Waals surface area (Å²) in [4.78, 5) is 8.43.